The van der Waals surface area contributed by atoms with Crippen molar-refractivity contribution in [2.75, 3.05) is 6.61 Å². The van der Waals surface area contributed by atoms with Crippen LogP contribution in [-0.4, -0.2) is 22.7 Å². The summed E-state index contributed by atoms with van der Waals surface area (Å²) in [5, 5.41) is 0. The average molecular weight is 198 g/mol. The van der Waals surface area contributed by atoms with Crippen molar-refractivity contribution < 1.29 is 14.3 Å². The summed E-state index contributed by atoms with van der Waals surface area (Å²) in [7, 11) is 0. The molecule has 0 aliphatic carbocycles. The van der Waals surface area contributed by atoms with E-state index in [2.05, 4.69) is 19.4 Å². The molecule has 1 aromatic rings. The molecule has 0 radical (unpaired) electrons. The molecule has 0 aromatic carbocycles. The number of aromatic amines is 1. The van der Waals surface area contributed by atoms with Crippen molar-refractivity contribution in [1.82, 2.24) is 9.97 Å². The van der Waals surface area contributed by atoms with Crippen LogP contribution in [0.5, 0.6) is 5.88 Å². The molecule has 1 N–H and O–H groups in total. The molecule has 0 unspecified atom stereocenters. The van der Waals surface area contributed by atoms with E-state index in [9.17, 15) is 9.59 Å². The fourth-order valence-electron chi connectivity index (χ4n) is 0.781. The summed E-state index contributed by atoms with van der Waals surface area (Å²) in [5.74, 6) is -0.0350. The predicted octanol–water partition coefficient (Wildman–Crippen LogP) is 0.614. The van der Waals surface area contributed by atoms with E-state index in [1.807, 2.05) is 0 Å². The Kier molecular flexibility index (Phi) is 3.22. The van der Waals surface area contributed by atoms with Crippen LogP contribution in [0.2, 0.25) is 0 Å². The van der Waals surface area contributed by atoms with Gasteiger partial charge in [0.15, 0.2) is 0 Å². The van der Waals surface area contributed by atoms with Gasteiger partial charge >= 0.3 is 6.16 Å². The second kappa shape index (κ2) is 4.40. The fourth-order valence-corrected chi connectivity index (χ4v) is 0.781. The Labute approximate surface area is 79.9 Å². The highest BCUT2D eigenvalue weighted by Crippen LogP contribution is 2.07. The first-order chi connectivity index (χ1) is 6.65. The van der Waals surface area contributed by atoms with Crippen LogP contribution in [0, 0.1) is 6.92 Å². The summed E-state index contributed by atoms with van der Waals surface area (Å²) in [6.07, 6.45) is 0.290. The minimum Gasteiger partial charge on any atom is -0.434 e. The lowest BCUT2D eigenvalue weighted by atomic mass is 10.4. The molecule has 6 nitrogen and oxygen atoms in total. The number of hydrogen-bond acceptors (Lipinski definition) is 5. The zero-order valence-electron chi connectivity index (χ0n) is 7.86. The van der Waals surface area contributed by atoms with Gasteiger partial charge in [0.05, 0.1) is 18.5 Å². The normalized spacial score (nSPS) is 9.57. The van der Waals surface area contributed by atoms with Gasteiger partial charge in [0.25, 0.3) is 5.56 Å². The van der Waals surface area contributed by atoms with Gasteiger partial charge in [-0.1, -0.05) is 0 Å². The van der Waals surface area contributed by atoms with Gasteiger partial charge in [0, 0.05) is 0 Å². The molecule has 14 heavy (non-hydrogen) atoms. The Hall–Kier alpha value is -1.85. The highest BCUT2D eigenvalue weighted by Gasteiger charge is 2.10. The summed E-state index contributed by atoms with van der Waals surface area (Å²) >= 11 is 0. The third-order valence-electron chi connectivity index (χ3n) is 1.48. The van der Waals surface area contributed by atoms with Gasteiger partial charge in [-0.25, -0.2) is 9.78 Å². The summed E-state index contributed by atoms with van der Waals surface area (Å²) in [4.78, 5) is 28.0. The average Bonchev–Trinajstić information content (AvgIpc) is 2.13. The Morgan fingerprint density at radius 3 is 3.00 bits per heavy atom. The zero-order chi connectivity index (χ0) is 10.6. The smallest absolute Gasteiger partial charge is 0.434 e. The maximum absolute atomic E-state index is 11.1. The number of ether oxygens (including phenoxy) is 2. The highest BCUT2D eigenvalue weighted by atomic mass is 16.7. The number of carbonyl (C=O) groups excluding carboxylic acids is 1. The predicted molar refractivity (Wildman–Crippen MR) is 47.2 cm³/mol. The molecule has 1 heterocycles. The molecule has 0 spiro atoms. The van der Waals surface area contributed by atoms with E-state index in [-0.39, 0.29) is 23.6 Å². The van der Waals surface area contributed by atoms with E-state index in [0.717, 1.165) is 6.33 Å². The van der Waals surface area contributed by atoms with Crippen molar-refractivity contribution in [3.05, 3.63) is 22.2 Å². The number of hydrogen-bond donors (Lipinski definition) is 1. The summed E-state index contributed by atoms with van der Waals surface area (Å²) < 4.78 is 9.20. The van der Waals surface area contributed by atoms with Crippen molar-refractivity contribution >= 4 is 6.16 Å². The number of H-pyrrole nitrogens is 1. The summed E-state index contributed by atoms with van der Waals surface area (Å²) in [5.41, 5.74) is -0.111. The van der Waals surface area contributed by atoms with Gasteiger partial charge in [-0.05, 0) is 13.8 Å². The molecule has 0 aliphatic rings. The Balaban J connectivity index is 2.82. The number of aromatic nitrogens is 2. The fraction of sp³-hybridized carbons (Fsp3) is 0.375. The molecular weight excluding hydrogens is 188 g/mol. The van der Waals surface area contributed by atoms with Crippen LogP contribution < -0.4 is 10.3 Å². The van der Waals surface area contributed by atoms with Gasteiger partial charge in [-0.2, -0.15) is 0 Å². The topological polar surface area (TPSA) is 81.3 Å². The van der Waals surface area contributed by atoms with Crippen LogP contribution >= 0.6 is 0 Å². The monoisotopic (exact) mass is 198 g/mol. The largest absolute Gasteiger partial charge is 0.515 e. The molecule has 0 saturated carbocycles. The van der Waals surface area contributed by atoms with Crippen molar-refractivity contribution in [2.45, 2.75) is 13.8 Å². The molecule has 0 aliphatic heterocycles. The van der Waals surface area contributed by atoms with E-state index < -0.39 is 6.16 Å². The Morgan fingerprint density at radius 2 is 2.36 bits per heavy atom. The van der Waals surface area contributed by atoms with E-state index in [1.54, 1.807) is 6.92 Å². The third kappa shape index (κ3) is 2.32. The molecule has 6 heteroatoms. The molecule has 0 bridgehead atoms. The Bertz CT molecular complexity index is 385. The first-order valence-electron chi connectivity index (χ1n) is 4.04. The minimum absolute atomic E-state index is 0.0350. The van der Waals surface area contributed by atoms with Gasteiger partial charge in [-0.3, -0.25) is 4.79 Å². The van der Waals surface area contributed by atoms with Crippen molar-refractivity contribution in [2.24, 2.45) is 0 Å². The SMILES string of the molecule is CCOC(=O)Oc1nc[nH]c(=O)c1C. The van der Waals surface area contributed by atoms with Crippen LogP contribution in [0.1, 0.15) is 12.5 Å². The lowest BCUT2D eigenvalue weighted by Gasteiger charge is -2.03. The maximum Gasteiger partial charge on any atom is 0.515 e. The zero-order valence-corrected chi connectivity index (χ0v) is 7.86. The maximum atomic E-state index is 11.1. The van der Waals surface area contributed by atoms with Crippen LogP contribution in [-0.2, 0) is 4.74 Å². The second-order valence-corrected chi connectivity index (χ2v) is 2.45. The van der Waals surface area contributed by atoms with E-state index >= 15 is 0 Å². The highest BCUT2D eigenvalue weighted by molar-refractivity contribution is 5.63. The molecule has 0 fully saturated rings. The van der Waals surface area contributed by atoms with Crippen LogP contribution in [0.15, 0.2) is 11.1 Å². The number of rotatable bonds is 2. The molecular formula is C8H10N2O4. The third-order valence-corrected chi connectivity index (χ3v) is 1.48. The van der Waals surface area contributed by atoms with Crippen molar-refractivity contribution in [3.63, 3.8) is 0 Å². The van der Waals surface area contributed by atoms with E-state index in [4.69, 9.17) is 0 Å². The van der Waals surface area contributed by atoms with Crippen molar-refractivity contribution in [1.29, 1.82) is 0 Å². The number of nitrogens with zero attached hydrogens (tertiary/aromatic N) is 1. The molecule has 1 aromatic heterocycles. The molecule has 0 saturated heterocycles. The molecule has 0 atom stereocenters. The summed E-state index contributed by atoms with van der Waals surface area (Å²) in [6, 6.07) is 0. The molecule has 0 amide bonds. The first-order valence-corrected chi connectivity index (χ1v) is 4.04. The summed E-state index contributed by atoms with van der Waals surface area (Å²) in [6.45, 7) is 3.36. The van der Waals surface area contributed by atoms with Gasteiger partial charge in [-0.15, -0.1) is 0 Å². The lowest BCUT2D eigenvalue weighted by molar-refractivity contribution is 0.102. The number of nitrogens with one attached hydrogen (secondary N) is 1. The van der Waals surface area contributed by atoms with Gasteiger partial charge < -0.3 is 14.5 Å². The van der Waals surface area contributed by atoms with E-state index in [0.29, 0.717) is 0 Å². The second-order valence-electron chi connectivity index (χ2n) is 2.45. The van der Waals surface area contributed by atoms with Crippen LogP contribution in [0.4, 0.5) is 4.79 Å². The Morgan fingerprint density at radius 1 is 1.64 bits per heavy atom. The van der Waals surface area contributed by atoms with Gasteiger partial charge in [0.2, 0.25) is 5.88 Å². The number of carbonyl (C=O) groups is 1. The van der Waals surface area contributed by atoms with Gasteiger partial charge in [0.1, 0.15) is 0 Å². The molecule has 1 rings (SSSR count). The lowest BCUT2D eigenvalue weighted by Crippen LogP contribution is -2.17. The van der Waals surface area contributed by atoms with Crippen molar-refractivity contribution in [3.8, 4) is 5.88 Å². The minimum atomic E-state index is -0.867. The standard InChI is InChI=1S/C8H10N2O4/c1-3-13-8(12)14-7-5(2)6(11)9-4-10-7/h4H,3H2,1-2H3,(H,9,10,11). The van der Waals surface area contributed by atoms with E-state index in [1.165, 1.54) is 6.92 Å². The first kappa shape index (κ1) is 10.2. The quantitative estimate of drug-likeness (QED) is 0.704. The molecule has 76 valence electrons. The van der Waals surface area contributed by atoms with Crippen LogP contribution in [0.25, 0.3) is 0 Å². The van der Waals surface area contributed by atoms with Crippen LogP contribution in [0.3, 0.4) is 0 Å².